The first-order chi connectivity index (χ1) is 10.6. The van der Waals surface area contributed by atoms with Gasteiger partial charge in [0.2, 0.25) is 0 Å². The first-order valence-electron chi connectivity index (χ1n) is 8.38. The van der Waals surface area contributed by atoms with Gasteiger partial charge >= 0.3 is 0 Å². The average Bonchev–Trinajstić information content (AvgIpc) is 2.93. The molecule has 136 valence electrons. The molecule has 6 nitrogen and oxygen atoms in total. The van der Waals surface area contributed by atoms with Gasteiger partial charge < -0.3 is 15.0 Å². The molecule has 1 fully saturated rings. The minimum Gasteiger partial charge on any atom is -0.381 e. The lowest BCUT2D eigenvalue weighted by molar-refractivity contribution is 0.181. The molecule has 0 amide bonds. The standard InChI is InChI=1S/C16H33N3O3S/c1-6-17-15(19(4)11-14-7-9-22-12-14)18-13-16(2,3)8-10-23(5,20)21/h14H,6-13H2,1-5H3,(H,17,18). The number of hydrogen-bond acceptors (Lipinski definition) is 4. The number of nitrogens with zero attached hydrogens (tertiary/aromatic N) is 2. The van der Waals surface area contributed by atoms with Gasteiger partial charge in [-0.05, 0) is 25.2 Å². The zero-order valence-electron chi connectivity index (χ0n) is 15.3. The van der Waals surface area contributed by atoms with Gasteiger partial charge in [-0.3, -0.25) is 4.99 Å². The summed E-state index contributed by atoms with van der Waals surface area (Å²) in [5.74, 6) is 1.65. The van der Waals surface area contributed by atoms with Gasteiger partial charge in [-0.25, -0.2) is 8.42 Å². The lowest BCUT2D eigenvalue weighted by Gasteiger charge is -2.27. The molecule has 1 aliphatic rings. The number of guanidine groups is 1. The van der Waals surface area contributed by atoms with Crippen molar-refractivity contribution >= 4 is 15.8 Å². The van der Waals surface area contributed by atoms with E-state index in [9.17, 15) is 8.42 Å². The fraction of sp³-hybridized carbons (Fsp3) is 0.938. The van der Waals surface area contributed by atoms with E-state index in [0.717, 1.165) is 38.7 Å². The normalized spacial score (nSPS) is 19.9. The van der Waals surface area contributed by atoms with Crippen LogP contribution in [-0.2, 0) is 14.6 Å². The topological polar surface area (TPSA) is 71.0 Å². The SMILES string of the molecule is CCNC(=NCC(C)(C)CCS(C)(=O)=O)N(C)CC1CCOC1. The predicted molar refractivity (Wildman–Crippen MR) is 95.6 cm³/mol. The average molecular weight is 348 g/mol. The maximum absolute atomic E-state index is 11.4. The third kappa shape index (κ3) is 8.55. The van der Waals surface area contributed by atoms with Crippen LogP contribution in [0.4, 0.5) is 0 Å². The molecular formula is C16H33N3O3S. The van der Waals surface area contributed by atoms with Crippen LogP contribution < -0.4 is 5.32 Å². The van der Waals surface area contributed by atoms with Crippen molar-refractivity contribution < 1.29 is 13.2 Å². The maximum atomic E-state index is 11.4. The number of ether oxygens (including phenoxy) is 1. The maximum Gasteiger partial charge on any atom is 0.193 e. The molecule has 0 spiro atoms. The molecule has 1 atom stereocenters. The van der Waals surface area contributed by atoms with E-state index < -0.39 is 9.84 Å². The highest BCUT2D eigenvalue weighted by Gasteiger charge is 2.22. The predicted octanol–water partition coefficient (Wildman–Crippen LogP) is 1.38. The summed E-state index contributed by atoms with van der Waals surface area (Å²) in [5.41, 5.74) is -0.138. The molecule has 1 aliphatic heterocycles. The third-order valence-corrected chi connectivity index (χ3v) is 5.00. The molecule has 1 rings (SSSR count). The summed E-state index contributed by atoms with van der Waals surface area (Å²) in [6.07, 6.45) is 3.01. The van der Waals surface area contributed by atoms with Gasteiger partial charge in [0.15, 0.2) is 5.96 Å². The summed E-state index contributed by atoms with van der Waals surface area (Å²) < 4.78 is 28.1. The minimum absolute atomic E-state index is 0.138. The second-order valence-corrected chi connectivity index (χ2v) is 9.58. The Hall–Kier alpha value is -0.820. The number of rotatable bonds is 8. The van der Waals surface area contributed by atoms with Crippen molar-refractivity contribution in [3.63, 3.8) is 0 Å². The van der Waals surface area contributed by atoms with E-state index in [1.54, 1.807) is 0 Å². The van der Waals surface area contributed by atoms with E-state index in [-0.39, 0.29) is 11.2 Å². The molecule has 0 aromatic carbocycles. The number of nitrogens with one attached hydrogen (secondary N) is 1. The van der Waals surface area contributed by atoms with Crippen molar-refractivity contribution in [2.24, 2.45) is 16.3 Å². The summed E-state index contributed by atoms with van der Waals surface area (Å²) in [6, 6.07) is 0. The molecule has 0 aromatic rings. The van der Waals surface area contributed by atoms with Crippen LogP contribution in [0, 0.1) is 11.3 Å². The number of hydrogen-bond donors (Lipinski definition) is 1. The van der Waals surface area contributed by atoms with E-state index in [1.807, 2.05) is 7.05 Å². The molecule has 1 saturated heterocycles. The van der Waals surface area contributed by atoms with Gasteiger partial charge in [-0.15, -0.1) is 0 Å². The molecule has 7 heteroatoms. The van der Waals surface area contributed by atoms with Crippen molar-refractivity contribution in [1.29, 1.82) is 0 Å². The molecule has 0 bridgehead atoms. The van der Waals surface area contributed by atoms with Crippen molar-refractivity contribution in [1.82, 2.24) is 10.2 Å². The Morgan fingerprint density at radius 1 is 1.43 bits per heavy atom. The van der Waals surface area contributed by atoms with Gasteiger partial charge in [0.05, 0.1) is 12.4 Å². The Morgan fingerprint density at radius 2 is 2.13 bits per heavy atom. The van der Waals surface area contributed by atoms with Crippen LogP contribution in [-0.4, -0.2) is 71.2 Å². The van der Waals surface area contributed by atoms with Gasteiger partial charge in [-0.1, -0.05) is 13.8 Å². The number of aliphatic imine (C=N–C) groups is 1. The van der Waals surface area contributed by atoms with Crippen LogP contribution in [0.15, 0.2) is 4.99 Å². The fourth-order valence-electron chi connectivity index (χ4n) is 2.50. The lowest BCUT2D eigenvalue weighted by Crippen LogP contribution is -2.42. The van der Waals surface area contributed by atoms with E-state index >= 15 is 0 Å². The Morgan fingerprint density at radius 3 is 2.65 bits per heavy atom. The molecule has 23 heavy (non-hydrogen) atoms. The summed E-state index contributed by atoms with van der Waals surface area (Å²) in [6.45, 7) is 10.2. The quantitative estimate of drug-likeness (QED) is 0.531. The van der Waals surface area contributed by atoms with Crippen molar-refractivity contribution in [3.8, 4) is 0 Å². The van der Waals surface area contributed by atoms with Crippen LogP contribution in [0.3, 0.4) is 0 Å². The number of sulfone groups is 1. The Bertz CT molecular complexity index is 483. The minimum atomic E-state index is -2.93. The van der Waals surface area contributed by atoms with Crippen molar-refractivity contribution in [3.05, 3.63) is 0 Å². The largest absolute Gasteiger partial charge is 0.381 e. The molecule has 1 heterocycles. The lowest BCUT2D eigenvalue weighted by atomic mass is 9.90. The van der Waals surface area contributed by atoms with E-state index in [1.165, 1.54) is 6.26 Å². The third-order valence-electron chi connectivity index (χ3n) is 4.06. The molecule has 0 saturated carbocycles. The Labute approximate surface area is 141 Å². The second-order valence-electron chi connectivity index (χ2n) is 7.32. The van der Waals surface area contributed by atoms with Gasteiger partial charge in [0.25, 0.3) is 0 Å². The van der Waals surface area contributed by atoms with Crippen molar-refractivity contribution in [2.75, 3.05) is 51.9 Å². The highest BCUT2D eigenvalue weighted by molar-refractivity contribution is 7.90. The first kappa shape index (κ1) is 20.2. The van der Waals surface area contributed by atoms with Gasteiger partial charge in [-0.2, -0.15) is 0 Å². The van der Waals surface area contributed by atoms with Crippen LogP contribution in [0.1, 0.15) is 33.6 Å². The Balaban J connectivity index is 2.61. The highest BCUT2D eigenvalue weighted by Crippen LogP contribution is 2.21. The van der Waals surface area contributed by atoms with Gasteiger partial charge in [0, 0.05) is 45.5 Å². The zero-order chi connectivity index (χ0) is 17.5. The summed E-state index contributed by atoms with van der Waals surface area (Å²) in [4.78, 5) is 6.87. The molecule has 0 radical (unpaired) electrons. The van der Waals surface area contributed by atoms with E-state index in [0.29, 0.717) is 18.9 Å². The van der Waals surface area contributed by atoms with Gasteiger partial charge in [0.1, 0.15) is 9.84 Å². The fourth-order valence-corrected chi connectivity index (χ4v) is 3.42. The summed E-state index contributed by atoms with van der Waals surface area (Å²) >= 11 is 0. The van der Waals surface area contributed by atoms with Crippen molar-refractivity contribution in [2.45, 2.75) is 33.6 Å². The summed E-state index contributed by atoms with van der Waals surface area (Å²) in [7, 11) is -0.882. The molecule has 0 aliphatic carbocycles. The van der Waals surface area contributed by atoms with E-state index in [2.05, 4.69) is 31.0 Å². The molecule has 1 unspecified atom stereocenters. The van der Waals surface area contributed by atoms with Crippen LogP contribution >= 0.6 is 0 Å². The zero-order valence-corrected chi connectivity index (χ0v) is 16.1. The van der Waals surface area contributed by atoms with Crippen LogP contribution in [0.25, 0.3) is 0 Å². The highest BCUT2D eigenvalue weighted by atomic mass is 32.2. The van der Waals surface area contributed by atoms with Crippen LogP contribution in [0.5, 0.6) is 0 Å². The monoisotopic (exact) mass is 347 g/mol. The Kier molecular flexibility index (Phi) is 7.80. The molecular weight excluding hydrogens is 314 g/mol. The van der Waals surface area contributed by atoms with E-state index in [4.69, 9.17) is 9.73 Å². The summed E-state index contributed by atoms with van der Waals surface area (Å²) in [5, 5.41) is 3.32. The van der Waals surface area contributed by atoms with Crippen LogP contribution in [0.2, 0.25) is 0 Å². The second kappa shape index (κ2) is 8.87. The molecule has 1 N–H and O–H groups in total. The smallest absolute Gasteiger partial charge is 0.193 e. The molecule has 0 aromatic heterocycles. The first-order valence-corrected chi connectivity index (χ1v) is 10.4.